The molecule has 0 aliphatic rings. The van der Waals surface area contributed by atoms with Gasteiger partial charge in [0.15, 0.2) is 5.05 Å². The van der Waals surface area contributed by atoms with Gasteiger partial charge in [-0.1, -0.05) is 30.3 Å². The van der Waals surface area contributed by atoms with Crippen LogP contribution >= 0.6 is 24.8 Å². The lowest BCUT2D eigenvalue weighted by atomic mass is 10.2. The average molecular weight is 246 g/mol. The molecule has 0 saturated carbocycles. The van der Waals surface area contributed by atoms with Gasteiger partial charge in [0.1, 0.15) is 5.75 Å². The standard InChI is InChI=1S/C13H10OS2/c15-12-9-5-4-8-11(12)13(16)14-10-6-2-1-3-7-10/h1-9,15H. The van der Waals surface area contributed by atoms with Gasteiger partial charge in [0.2, 0.25) is 0 Å². The van der Waals surface area contributed by atoms with Crippen molar-refractivity contribution >= 4 is 29.9 Å². The minimum Gasteiger partial charge on any atom is -0.445 e. The Morgan fingerprint density at radius 1 is 0.938 bits per heavy atom. The van der Waals surface area contributed by atoms with E-state index < -0.39 is 0 Å². The summed E-state index contributed by atoms with van der Waals surface area (Å²) in [6.45, 7) is 0. The van der Waals surface area contributed by atoms with Gasteiger partial charge in [-0.3, -0.25) is 0 Å². The number of hydrogen-bond donors (Lipinski definition) is 1. The summed E-state index contributed by atoms with van der Waals surface area (Å²) in [4.78, 5) is 0.823. The molecule has 0 amide bonds. The Labute approximate surface area is 105 Å². The van der Waals surface area contributed by atoms with Gasteiger partial charge in [0.25, 0.3) is 0 Å². The third kappa shape index (κ3) is 2.62. The molecule has 0 saturated heterocycles. The third-order valence-electron chi connectivity index (χ3n) is 2.08. The topological polar surface area (TPSA) is 9.23 Å². The van der Waals surface area contributed by atoms with Gasteiger partial charge < -0.3 is 4.74 Å². The summed E-state index contributed by atoms with van der Waals surface area (Å²) in [7, 11) is 0. The zero-order valence-electron chi connectivity index (χ0n) is 8.46. The number of ether oxygens (including phenoxy) is 1. The van der Waals surface area contributed by atoms with E-state index in [4.69, 9.17) is 17.0 Å². The summed E-state index contributed by atoms with van der Waals surface area (Å²) in [5.41, 5.74) is 0.838. The molecule has 2 aromatic carbocycles. The Kier molecular flexibility index (Phi) is 3.59. The third-order valence-corrected chi connectivity index (χ3v) is 2.77. The van der Waals surface area contributed by atoms with Crippen LogP contribution in [0.5, 0.6) is 5.75 Å². The normalized spacial score (nSPS) is 9.81. The average Bonchev–Trinajstić information content (AvgIpc) is 2.31. The molecule has 0 unspecified atom stereocenters. The maximum atomic E-state index is 5.56. The highest BCUT2D eigenvalue weighted by atomic mass is 32.1. The van der Waals surface area contributed by atoms with E-state index in [1.807, 2.05) is 54.6 Å². The highest BCUT2D eigenvalue weighted by molar-refractivity contribution is 7.81. The minimum atomic E-state index is 0.441. The minimum absolute atomic E-state index is 0.441. The molecular formula is C13H10OS2. The monoisotopic (exact) mass is 246 g/mol. The van der Waals surface area contributed by atoms with Crippen molar-refractivity contribution in [1.82, 2.24) is 0 Å². The highest BCUT2D eigenvalue weighted by Crippen LogP contribution is 2.17. The largest absolute Gasteiger partial charge is 0.445 e. The van der Waals surface area contributed by atoms with E-state index >= 15 is 0 Å². The molecule has 0 heterocycles. The Morgan fingerprint density at radius 3 is 2.25 bits per heavy atom. The van der Waals surface area contributed by atoms with E-state index in [-0.39, 0.29) is 0 Å². The number of benzene rings is 2. The van der Waals surface area contributed by atoms with Gasteiger partial charge in [-0.15, -0.1) is 12.6 Å². The molecule has 16 heavy (non-hydrogen) atoms. The molecule has 0 radical (unpaired) electrons. The second kappa shape index (κ2) is 5.14. The molecular weight excluding hydrogens is 236 g/mol. The number of thiocarbonyl (C=S) groups is 1. The van der Waals surface area contributed by atoms with Gasteiger partial charge in [0.05, 0.1) is 0 Å². The maximum absolute atomic E-state index is 5.56. The summed E-state index contributed by atoms with van der Waals surface area (Å²) in [5, 5.41) is 0.441. The van der Waals surface area contributed by atoms with E-state index in [1.165, 1.54) is 0 Å². The molecule has 0 aliphatic heterocycles. The summed E-state index contributed by atoms with van der Waals surface area (Å²) in [6, 6.07) is 17.1. The van der Waals surface area contributed by atoms with Crippen LogP contribution in [0, 0.1) is 0 Å². The fourth-order valence-corrected chi connectivity index (χ4v) is 1.91. The molecule has 0 N–H and O–H groups in total. The number of thiol groups is 1. The molecule has 0 aliphatic carbocycles. The Morgan fingerprint density at radius 2 is 1.56 bits per heavy atom. The lowest BCUT2D eigenvalue weighted by Gasteiger charge is -2.08. The molecule has 80 valence electrons. The molecule has 0 fully saturated rings. The lowest BCUT2D eigenvalue weighted by Crippen LogP contribution is -2.07. The molecule has 1 nitrogen and oxygen atoms in total. The lowest BCUT2D eigenvalue weighted by molar-refractivity contribution is 0.565. The molecule has 0 bridgehead atoms. The summed E-state index contributed by atoms with van der Waals surface area (Å²) < 4.78 is 5.56. The first kappa shape index (κ1) is 11.2. The number of hydrogen-bond acceptors (Lipinski definition) is 3. The van der Waals surface area contributed by atoms with Crippen LogP contribution in [0.15, 0.2) is 59.5 Å². The SMILES string of the molecule is S=C(Oc1ccccc1)c1ccccc1S. The van der Waals surface area contributed by atoms with E-state index in [9.17, 15) is 0 Å². The van der Waals surface area contributed by atoms with E-state index in [0.717, 1.165) is 16.2 Å². The molecule has 2 rings (SSSR count). The van der Waals surface area contributed by atoms with Gasteiger partial charge in [-0.2, -0.15) is 0 Å². The predicted molar refractivity (Wildman–Crippen MR) is 72.5 cm³/mol. The first-order valence-corrected chi connectivity index (χ1v) is 5.68. The van der Waals surface area contributed by atoms with Gasteiger partial charge in [-0.05, 0) is 36.5 Å². The predicted octanol–water partition coefficient (Wildman–Crippen LogP) is 3.73. The fourth-order valence-electron chi connectivity index (χ4n) is 1.30. The summed E-state index contributed by atoms with van der Waals surface area (Å²) in [5.74, 6) is 0.740. The van der Waals surface area contributed by atoms with Gasteiger partial charge >= 0.3 is 0 Å². The second-order valence-electron chi connectivity index (χ2n) is 3.22. The smallest absolute Gasteiger partial charge is 0.199 e. The van der Waals surface area contributed by atoms with E-state index in [1.54, 1.807) is 0 Å². The van der Waals surface area contributed by atoms with Crippen molar-refractivity contribution in [3.63, 3.8) is 0 Å². The van der Waals surface area contributed by atoms with Crippen LogP contribution in [0.2, 0.25) is 0 Å². The first-order chi connectivity index (χ1) is 7.77. The van der Waals surface area contributed by atoms with Gasteiger partial charge in [0, 0.05) is 10.5 Å². The van der Waals surface area contributed by atoms with Crippen LogP contribution in [0.4, 0.5) is 0 Å². The zero-order valence-corrected chi connectivity index (χ0v) is 10.2. The first-order valence-electron chi connectivity index (χ1n) is 4.82. The van der Waals surface area contributed by atoms with Crippen LogP contribution in [0.25, 0.3) is 0 Å². The van der Waals surface area contributed by atoms with Crippen molar-refractivity contribution in [2.45, 2.75) is 4.90 Å². The summed E-state index contributed by atoms with van der Waals surface area (Å²) in [6.07, 6.45) is 0. The van der Waals surface area contributed by atoms with Crippen molar-refractivity contribution in [3.05, 3.63) is 60.2 Å². The Bertz CT molecular complexity index is 494. The van der Waals surface area contributed by atoms with Crippen LogP contribution in [0.3, 0.4) is 0 Å². The van der Waals surface area contributed by atoms with Crippen molar-refractivity contribution in [1.29, 1.82) is 0 Å². The van der Waals surface area contributed by atoms with Gasteiger partial charge in [-0.25, -0.2) is 0 Å². The molecule has 0 aromatic heterocycles. The van der Waals surface area contributed by atoms with Crippen molar-refractivity contribution in [3.8, 4) is 5.75 Å². The molecule has 2 aromatic rings. The summed E-state index contributed by atoms with van der Waals surface area (Å²) >= 11 is 9.56. The van der Waals surface area contributed by atoms with Crippen LogP contribution < -0.4 is 4.74 Å². The van der Waals surface area contributed by atoms with Crippen molar-refractivity contribution in [2.75, 3.05) is 0 Å². The zero-order chi connectivity index (χ0) is 11.4. The Balaban J connectivity index is 2.19. The quantitative estimate of drug-likeness (QED) is 0.638. The van der Waals surface area contributed by atoms with Crippen LogP contribution in [-0.2, 0) is 0 Å². The molecule has 3 heteroatoms. The van der Waals surface area contributed by atoms with Crippen LogP contribution in [0.1, 0.15) is 5.56 Å². The molecule has 0 spiro atoms. The van der Waals surface area contributed by atoms with Crippen molar-refractivity contribution < 1.29 is 4.74 Å². The van der Waals surface area contributed by atoms with E-state index in [2.05, 4.69) is 12.6 Å². The maximum Gasteiger partial charge on any atom is 0.199 e. The highest BCUT2D eigenvalue weighted by Gasteiger charge is 2.06. The second-order valence-corrected chi connectivity index (χ2v) is 4.07. The number of para-hydroxylation sites is 1. The van der Waals surface area contributed by atoms with Crippen LogP contribution in [-0.4, -0.2) is 5.05 Å². The molecule has 0 atom stereocenters. The Hall–Kier alpha value is -1.32. The number of rotatable bonds is 2. The van der Waals surface area contributed by atoms with Crippen molar-refractivity contribution in [2.24, 2.45) is 0 Å². The fraction of sp³-hybridized carbons (Fsp3) is 0. The van der Waals surface area contributed by atoms with E-state index in [0.29, 0.717) is 5.05 Å².